The van der Waals surface area contributed by atoms with Crippen molar-refractivity contribution in [2.45, 2.75) is 6.42 Å². The van der Waals surface area contributed by atoms with Crippen molar-refractivity contribution in [2.24, 2.45) is 7.05 Å². The molecule has 1 aliphatic rings. The van der Waals surface area contributed by atoms with Crippen molar-refractivity contribution >= 4 is 11.6 Å². The van der Waals surface area contributed by atoms with Crippen molar-refractivity contribution in [1.29, 1.82) is 0 Å². The Balaban J connectivity index is 1.94. The molecule has 1 amide bonds. The molecule has 2 heterocycles. The van der Waals surface area contributed by atoms with E-state index in [9.17, 15) is 4.79 Å². The van der Waals surface area contributed by atoms with Gasteiger partial charge in [0, 0.05) is 25.9 Å². The number of fused-ring (bicyclic) bond motifs is 1. The molecule has 21 heavy (non-hydrogen) atoms. The Bertz CT molecular complexity index is 752. The summed E-state index contributed by atoms with van der Waals surface area (Å²) in [6.45, 7) is 0.412. The van der Waals surface area contributed by atoms with Crippen LogP contribution in [-0.2, 0) is 11.8 Å². The van der Waals surface area contributed by atoms with Crippen LogP contribution in [0, 0.1) is 11.8 Å². The Morgan fingerprint density at radius 3 is 2.90 bits per heavy atom. The Kier molecular flexibility index (Phi) is 3.36. The van der Waals surface area contributed by atoms with Gasteiger partial charge < -0.3 is 14.2 Å². The predicted octanol–water partition coefficient (Wildman–Crippen LogP) is 1.57. The van der Waals surface area contributed by atoms with Crippen molar-refractivity contribution < 1.29 is 9.53 Å². The SMILES string of the molecule is CN1C(=O)CCOc2ccc(C#Cc3cn(C)cn3)cc21. The van der Waals surface area contributed by atoms with E-state index in [1.165, 1.54) is 0 Å². The maximum absolute atomic E-state index is 11.9. The number of hydrogen-bond donors (Lipinski definition) is 0. The van der Waals surface area contributed by atoms with Crippen molar-refractivity contribution in [1.82, 2.24) is 9.55 Å². The van der Waals surface area contributed by atoms with E-state index in [0.29, 0.717) is 24.5 Å². The van der Waals surface area contributed by atoms with E-state index in [1.54, 1.807) is 18.3 Å². The number of aryl methyl sites for hydroxylation is 1. The highest BCUT2D eigenvalue weighted by atomic mass is 16.5. The zero-order chi connectivity index (χ0) is 14.8. The van der Waals surface area contributed by atoms with Crippen LogP contribution < -0.4 is 9.64 Å². The minimum Gasteiger partial charge on any atom is -0.491 e. The first-order valence-corrected chi connectivity index (χ1v) is 6.67. The molecule has 5 heteroatoms. The number of carbonyl (C=O) groups is 1. The molecule has 0 aliphatic carbocycles. The van der Waals surface area contributed by atoms with Gasteiger partial charge in [-0.25, -0.2) is 4.98 Å². The zero-order valence-corrected chi connectivity index (χ0v) is 12.0. The molecule has 0 radical (unpaired) electrons. The topological polar surface area (TPSA) is 47.4 Å². The number of anilines is 1. The van der Waals surface area contributed by atoms with Gasteiger partial charge in [-0.1, -0.05) is 5.92 Å². The maximum atomic E-state index is 11.9. The molecule has 1 aliphatic heterocycles. The summed E-state index contributed by atoms with van der Waals surface area (Å²) in [6.07, 6.45) is 3.96. The number of aromatic nitrogens is 2. The van der Waals surface area contributed by atoms with Gasteiger partial charge in [0.25, 0.3) is 0 Å². The van der Waals surface area contributed by atoms with E-state index in [2.05, 4.69) is 16.8 Å². The summed E-state index contributed by atoms with van der Waals surface area (Å²) in [7, 11) is 3.66. The summed E-state index contributed by atoms with van der Waals surface area (Å²) in [5.74, 6) is 6.82. The Morgan fingerprint density at radius 2 is 2.14 bits per heavy atom. The van der Waals surface area contributed by atoms with Crippen LogP contribution in [0.25, 0.3) is 0 Å². The number of amides is 1. The molecule has 1 aromatic heterocycles. The maximum Gasteiger partial charge on any atom is 0.230 e. The van der Waals surface area contributed by atoms with E-state index in [0.717, 1.165) is 11.3 Å². The standard InChI is InChI=1S/C16H15N3O2/c1-18-10-13(17-11-18)5-3-12-4-6-15-14(9-12)19(2)16(20)7-8-21-15/h4,6,9-11H,7-8H2,1-2H3. The number of imidazole rings is 1. The molecule has 0 fully saturated rings. The van der Waals surface area contributed by atoms with Crippen LogP contribution >= 0.6 is 0 Å². The molecule has 0 bridgehead atoms. The highest BCUT2D eigenvalue weighted by molar-refractivity contribution is 5.95. The van der Waals surface area contributed by atoms with E-state index in [1.807, 2.05) is 36.0 Å². The molecule has 0 saturated carbocycles. The average Bonchev–Trinajstić information content (AvgIpc) is 2.84. The van der Waals surface area contributed by atoms with Gasteiger partial charge in [0.05, 0.1) is 25.0 Å². The fourth-order valence-electron chi connectivity index (χ4n) is 2.14. The first-order valence-electron chi connectivity index (χ1n) is 6.67. The van der Waals surface area contributed by atoms with Crippen LogP contribution in [0.1, 0.15) is 17.7 Å². The van der Waals surface area contributed by atoms with Crippen LogP contribution in [0.2, 0.25) is 0 Å². The van der Waals surface area contributed by atoms with E-state index < -0.39 is 0 Å². The normalized spacial score (nSPS) is 13.8. The predicted molar refractivity (Wildman–Crippen MR) is 79.2 cm³/mol. The third-order valence-corrected chi connectivity index (χ3v) is 3.31. The third-order valence-electron chi connectivity index (χ3n) is 3.31. The molecule has 2 aromatic rings. The number of carbonyl (C=O) groups excluding carboxylic acids is 1. The molecular weight excluding hydrogens is 266 g/mol. The number of ether oxygens (including phenoxy) is 1. The molecule has 0 saturated heterocycles. The number of benzene rings is 1. The van der Waals surface area contributed by atoms with E-state index in [-0.39, 0.29) is 5.91 Å². The lowest BCUT2D eigenvalue weighted by molar-refractivity contribution is -0.118. The van der Waals surface area contributed by atoms with Gasteiger partial charge in [-0.15, -0.1) is 0 Å². The highest BCUT2D eigenvalue weighted by Crippen LogP contribution is 2.31. The second-order valence-corrected chi connectivity index (χ2v) is 4.91. The Morgan fingerprint density at radius 1 is 1.29 bits per heavy atom. The summed E-state index contributed by atoms with van der Waals surface area (Å²) >= 11 is 0. The van der Waals surface area contributed by atoms with Crippen molar-refractivity contribution in [3.63, 3.8) is 0 Å². The lowest BCUT2D eigenvalue weighted by Crippen LogP contribution is -2.25. The van der Waals surface area contributed by atoms with Gasteiger partial charge in [0.15, 0.2) is 0 Å². The lowest BCUT2D eigenvalue weighted by atomic mass is 10.1. The van der Waals surface area contributed by atoms with Gasteiger partial charge in [-0.3, -0.25) is 4.79 Å². The van der Waals surface area contributed by atoms with Crippen LogP contribution in [0.5, 0.6) is 5.75 Å². The molecule has 3 rings (SSSR count). The van der Waals surface area contributed by atoms with E-state index >= 15 is 0 Å². The monoisotopic (exact) mass is 281 g/mol. The van der Waals surface area contributed by atoms with Crippen molar-refractivity contribution in [2.75, 3.05) is 18.6 Å². The smallest absolute Gasteiger partial charge is 0.230 e. The largest absolute Gasteiger partial charge is 0.491 e. The average molecular weight is 281 g/mol. The van der Waals surface area contributed by atoms with Crippen LogP contribution in [0.3, 0.4) is 0 Å². The second kappa shape index (κ2) is 5.33. The van der Waals surface area contributed by atoms with Gasteiger partial charge in [0.2, 0.25) is 5.91 Å². The molecule has 0 spiro atoms. The molecule has 0 unspecified atom stereocenters. The first-order chi connectivity index (χ1) is 10.1. The molecule has 0 atom stereocenters. The van der Waals surface area contributed by atoms with Gasteiger partial charge in [0.1, 0.15) is 11.4 Å². The molecule has 0 N–H and O–H groups in total. The second-order valence-electron chi connectivity index (χ2n) is 4.91. The summed E-state index contributed by atoms with van der Waals surface area (Å²) in [5.41, 5.74) is 2.29. The zero-order valence-electron chi connectivity index (χ0n) is 12.0. The summed E-state index contributed by atoms with van der Waals surface area (Å²) in [6, 6.07) is 5.61. The van der Waals surface area contributed by atoms with Gasteiger partial charge in [-0.05, 0) is 24.1 Å². The van der Waals surface area contributed by atoms with Crippen LogP contribution in [0.15, 0.2) is 30.7 Å². The Hall–Kier alpha value is -2.74. The lowest BCUT2D eigenvalue weighted by Gasteiger charge is -2.16. The van der Waals surface area contributed by atoms with E-state index in [4.69, 9.17) is 4.74 Å². The quantitative estimate of drug-likeness (QED) is 0.689. The number of rotatable bonds is 0. The van der Waals surface area contributed by atoms with Crippen LogP contribution in [0.4, 0.5) is 5.69 Å². The molecule has 5 nitrogen and oxygen atoms in total. The molecule has 1 aromatic carbocycles. The summed E-state index contributed by atoms with van der Waals surface area (Å²) < 4.78 is 7.43. The molecule has 106 valence electrons. The summed E-state index contributed by atoms with van der Waals surface area (Å²) in [5, 5.41) is 0. The fourth-order valence-corrected chi connectivity index (χ4v) is 2.14. The van der Waals surface area contributed by atoms with Crippen molar-refractivity contribution in [3.05, 3.63) is 42.0 Å². The van der Waals surface area contributed by atoms with Gasteiger partial charge in [-0.2, -0.15) is 0 Å². The minimum absolute atomic E-state index is 0.0450. The first kappa shape index (κ1) is 13.3. The minimum atomic E-state index is 0.0450. The Labute approximate surface area is 123 Å². The van der Waals surface area contributed by atoms with Crippen molar-refractivity contribution in [3.8, 4) is 17.6 Å². The number of hydrogen-bond acceptors (Lipinski definition) is 3. The van der Waals surface area contributed by atoms with Gasteiger partial charge >= 0.3 is 0 Å². The molecular formula is C16H15N3O2. The highest BCUT2D eigenvalue weighted by Gasteiger charge is 2.19. The summed E-state index contributed by atoms with van der Waals surface area (Å²) in [4.78, 5) is 17.6. The van der Waals surface area contributed by atoms with Crippen LogP contribution in [-0.4, -0.2) is 29.1 Å². The number of nitrogens with zero attached hydrogens (tertiary/aromatic N) is 3. The fraction of sp³-hybridized carbons (Fsp3) is 0.250. The third kappa shape index (κ3) is 2.75.